The Kier molecular flexibility index (Phi) is 7.24. The second-order valence-electron chi connectivity index (χ2n) is 13.0. The molecule has 3 aliphatic rings. The number of nitrogens with zero attached hydrogens (tertiary/aromatic N) is 1. The molecule has 0 bridgehead atoms. The van der Waals surface area contributed by atoms with Crippen molar-refractivity contribution < 1.29 is 24.2 Å². The van der Waals surface area contributed by atoms with E-state index in [2.05, 4.69) is 39.5 Å². The van der Waals surface area contributed by atoms with Gasteiger partial charge in [-0.3, -0.25) is 9.59 Å². The fourth-order valence-corrected chi connectivity index (χ4v) is 6.63. The molecule has 6 heteroatoms. The molecule has 0 saturated carbocycles. The van der Waals surface area contributed by atoms with Gasteiger partial charge in [0.05, 0.1) is 0 Å². The highest BCUT2D eigenvalue weighted by molar-refractivity contribution is 6.07. The topological polar surface area (TPSA) is 83.9 Å². The lowest BCUT2D eigenvalue weighted by Gasteiger charge is -2.49. The Morgan fingerprint density at radius 1 is 0.900 bits per heavy atom. The van der Waals surface area contributed by atoms with Crippen molar-refractivity contribution in [3.63, 3.8) is 0 Å². The number of aromatic carboxylic acids is 1. The number of carbonyl (C=O) groups is 3. The summed E-state index contributed by atoms with van der Waals surface area (Å²) in [7, 11) is 0. The van der Waals surface area contributed by atoms with E-state index in [1.807, 2.05) is 36.4 Å². The van der Waals surface area contributed by atoms with Crippen molar-refractivity contribution in [2.24, 2.45) is 10.8 Å². The number of Topliss-reactive ketones (excluding diaryl/α,β-unsaturated/α-hetero) is 2. The third kappa shape index (κ3) is 5.24. The highest BCUT2D eigenvalue weighted by atomic mass is 16.5. The maximum Gasteiger partial charge on any atom is 0.339 e. The minimum absolute atomic E-state index is 0.0286. The van der Waals surface area contributed by atoms with E-state index in [4.69, 9.17) is 4.74 Å². The lowest BCUT2D eigenvalue weighted by Crippen LogP contribution is -2.44. The van der Waals surface area contributed by atoms with Crippen LogP contribution in [0.15, 0.2) is 71.1 Å². The van der Waals surface area contributed by atoms with E-state index in [0.717, 1.165) is 42.8 Å². The van der Waals surface area contributed by atoms with Crippen LogP contribution in [0, 0.1) is 10.8 Å². The molecule has 40 heavy (non-hydrogen) atoms. The lowest BCUT2D eigenvalue weighted by atomic mass is 9.63. The van der Waals surface area contributed by atoms with Gasteiger partial charge in [0.25, 0.3) is 0 Å². The van der Waals surface area contributed by atoms with Crippen molar-refractivity contribution >= 4 is 17.5 Å². The molecule has 0 amide bonds. The van der Waals surface area contributed by atoms with Crippen molar-refractivity contribution in [2.45, 2.75) is 79.2 Å². The van der Waals surface area contributed by atoms with Gasteiger partial charge in [-0.25, -0.2) is 4.79 Å². The minimum Gasteiger partial charge on any atom is -0.488 e. The molecule has 0 saturated heterocycles. The van der Waals surface area contributed by atoms with E-state index in [0.29, 0.717) is 29.6 Å². The standard InChI is InChI=1S/C34H39NO5/c1-6-14-35-24-16-33(2,3)18-26(36)30(24)29(31-25(35)17-34(4,5)19-27(31)37)22-12-13-28(23(15-22)32(38)39)40-20-21-10-8-7-9-11-21/h7-13,15,29H,6,14,16-20H2,1-5H3,(H,38,39). The average Bonchev–Trinajstić information content (AvgIpc) is 2.87. The SMILES string of the molecule is CCCN1C2=C(C(=O)CC(C)(C)C2)C(c2ccc(OCc3ccccc3)c(C(=O)O)c2)C2=C1CC(C)(C)CC2=O. The number of carboxylic acids is 1. The molecule has 6 nitrogen and oxygen atoms in total. The number of benzene rings is 2. The molecule has 2 aromatic rings. The molecule has 2 aromatic carbocycles. The molecule has 0 aromatic heterocycles. The minimum atomic E-state index is -1.11. The van der Waals surface area contributed by atoms with Crippen LogP contribution >= 0.6 is 0 Å². The van der Waals surface area contributed by atoms with Crippen LogP contribution in [0.25, 0.3) is 0 Å². The Balaban J connectivity index is 1.66. The molecule has 1 N–H and O–H groups in total. The van der Waals surface area contributed by atoms with Crippen LogP contribution in [0.5, 0.6) is 5.75 Å². The smallest absolute Gasteiger partial charge is 0.339 e. The van der Waals surface area contributed by atoms with E-state index in [1.165, 1.54) is 0 Å². The predicted octanol–water partition coefficient (Wildman–Crippen LogP) is 7.06. The molecular weight excluding hydrogens is 502 g/mol. The summed E-state index contributed by atoms with van der Waals surface area (Å²) in [6.45, 7) is 11.6. The third-order valence-electron chi connectivity index (χ3n) is 8.27. The van der Waals surface area contributed by atoms with E-state index in [-0.39, 0.29) is 40.3 Å². The first-order valence-electron chi connectivity index (χ1n) is 14.2. The molecule has 210 valence electrons. The van der Waals surface area contributed by atoms with Gasteiger partial charge in [0.1, 0.15) is 17.9 Å². The second-order valence-corrected chi connectivity index (χ2v) is 13.0. The van der Waals surface area contributed by atoms with Crippen molar-refractivity contribution in [3.8, 4) is 5.75 Å². The van der Waals surface area contributed by atoms with Crippen LogP contribution < -0.4 is 4.74 Å². The number of ether oxygens (including phenoxy) is 1. The molecule has 0 spiro atoms. The summed E-state index contributed by atoms with van der Waals surface area (Å²) in [6.07, 6.45) is 3.15. The maximum atomic E-state index is 13.9. The summed E-state index contributed by atoms with van der Waals surface area (Å²) in [5.74, 6) is -1.33. The molecule has 0 atom stereocenters. The number of rotatable bonds is 7. The molecular formula is C34H39NO5. The fourth-order valence-electron chi connectivity index (χ4n) is 6.63. The van der Waals surface area contributed by atoms with Gasteiger partial charge in [-0.15, -0.1) is 0 Å². The van der Waals surface area contributed by atoms with Crippen LogP contribution in [-0.2, 0) is 16.2 Å². The quantitative estimate of drug-likeness (QED) is 0.404. The molecule has 2 aliphatic carbocycles. The number of carboxylic acid groups (broad SMARTS) is 1. The largest absolute Gasteiger partial charge is 0.488 e. The van der Waals surface area contributed by atoms with E-state index in [1.54, 1.807) is 12.1 Å². The summed E-state index contributed by atoms with van der Waals surface area (Å²) < 4.78 is 5.94. The number of carbonyl (C=O) groups excluding carboxylic acids is 2. The monoisotopic (exact) mass is 541 g/mol. The first-order chi connectivity index (χ1) is 18.9. The highest BCUT2D eigenvalue weighted by Crippen LogP contribution is 2.54. The highest BCUT2D eigenvalue weighted by Gasteiger charge is 2.48. The summed E-state index contributed by atoms with van der Waals surface area (Å²) in [5, 5.41) is 10.2. The van der Waals surface area contributed by atoms with Gasteiger partial charge in [-0.1, -0.05) is 71.0 Å². The van der Waals surface area contributed by atoms with Crippen LogP contribution in [0.1, 0.15) is 94.1 Å². The zero-order valence-corrected chi connectivity index (χ0v) is 24.2. The third-order valence-corrected chi connectivity index (χ3v) is 8.27. The summed E-state index contributed by atoms with van der Waals surface area (Å²) in [4.78, 5) is 42.4. The first-order valence-corrected chi connectivity index (χ1v) is 14.2. The summed E-state index contributed by atoms with van der Waals surface area (Å²) in [5.41, 5.74) is 4.55. The Morgan fingerprint density at radius 2 is 1.48 bits per heavy atom. The zero-order chi connectivity index (χ0) is 28.8. The van der Waals surface area contributed by atoms with E-state index >= 15 is 0 Å². The Hall–Kier alpha value is -3.67. The van der Waals surface area contributed by atoms with Gasteiger partial charge in [0, 0.05) is 47.8 Å². The first kappa shape index (κ1) is 27.9. The van der Waals surface area contributed by atoms with Crippen molar-refractivity contribution in [1.29, 1.82) is 0 Å². The van der Waals surface area contributed by atoms with E-state index in [9.17, 15) is 19.5 Å². The van der Waals surface area contributed by atoms with Crippen molar-refractivity contribution in [1.82, 2.24) is 4.90 Å². The Labute approximate surface area is 236 Å². The van der Waals surface area contributed by atoms with Gasteiger partial charge < -0.3 is 14.7 Å². The van der Waals surface area contributed by atoms with Gasteiger partial charge in [-0.05, 0) is 53.4 Å². The number of hydrogen-bond donors (Lipinski definition) is 1. The molecule has 5 rings (SSSR count). The van der Waals surface area contributed by atoms with Crippen molar-refractivity contribution in [2.75, 3.05) is 6.54 Å². The molecule has 1 heterocycles. The second kappa shape index (κ2) is 10.4. The number of ketones is 2. The lowest BCUT2D eigenvalue weighted by molar-refractivity contribution is -0.119. The van der Waals surface area contributed by atoms with Gasteiger partial charge >= 0.3 is 5.97 Å². The van der Waals surface area contributed by atoms with Crippen molar-refractivity contribution in [3.05, 3.63) is 87.8 Å². The average molecular weight is 542 g/mol. The Bertz CT molecular complexity index is 1380. The predicted molar refractivity (Wildman–Crippen MR) is 154 cm³/mol. The number of allylic oxidation sites excluding steroid dienone is 4. The van der Waals surface area contributed by atoms with E-state index < -0.39 is 11.9 Å². The van der Waals surface area contributed by atoms with Crippen LogP contribution in [0.4, 0.5) is 0 Å². The van der Waals surface area contributed by atoms with Crippen LogP contribution in [0.3, 0.4) is 0 Å². The summed E-state index contributed by atoms with van der Waals surface area (Å²) >= 11 is 0. The maximum absolute atomic E-state index is 13.9. The van der Waals surface area contributed by atoms with Gasteiger partial charge in [0.2, 0.25) is 0 Å². The molecule has 0 radical (unpaired) electrons. The molecule has 1 aliphatic heterocycles. The molecule has 0 unspecified atom stereocenters. The molecule has 0 fully saturated rings. The normalized spacial score (nSPS) is 20.4. The Morgan fingerprint density at radius 3 is 2.00 bits per heavy atom. The van der Waals surface area contributed by atoms with Crippen LogP contribution in [0.2, 0.25) is 0 Å². The zero-order valence-electron chi connectivity index (χ0n) is 24.2. The van der Waals surface area contributed by atoms with Gasteiger partial charge in [0.15, 0.2) is 11.6 Å². The summed E-state index contributed by atoms with van der Waals surface area (Å²) in [6, 6.07) is 14.7. The van der Waals surface area contributed by atoms with Crippen LogP contribution in [-0.4, -0.2) is 34.1 Å². The van der Waals surface area contributed by atoms with Gasteiger partial charge in [-0.2, -0.15) is 0 Å². The fraction of sp³-hybridized carbons (Fsp3) is 0.441. The number of hydrogen-bond acceptors (Lipinski definition) is 5.